The van der Waals surface area contributed by atoms with E-state index in [4.69, 9.17) is 0 Å². The number of halogens is 5. The van der Waals surface area contributed by atoms with Crippen LogP contribution in [0.3, 0.4) is 0 Å². The molecule has 2 rings (SSSR count). The quantitative estimate of drug-likeness (QED) is 0.643. The van der Waals surface area contributed by atoms with Crippen LogP contribution in [0.1, 0.15) is 5.56 Å². The highest BCUT2D eigenvalue weighted by Gasteiger charge is 2.30. The summed E-state index contributed by atoms with van der Waals surface area (Å²) < 4.78 is 38.9. The van der Waals surface area contributed by atoms with Crippen LogP contribution < -0.4 is 0 Å². The molecule has 0 aliphatic carbocycles. The zero-order valence-corrected chi connectivity index (χ0v) is 12.0. The van der Waals surface area contributed by atoms with Gasteiger partial charge in [0.15, 0.2) is 0 Å². The van der Waals surface area contributed by atoms with Crippen molar-refractivity contribution in [2.45, 2.75) is 6.18 Å². The molecule has 0 amide bonds. The van der Waals surface area contributed by atoms with Crippen molar-refractivity contribution in [3.8, 4) is 10.6 Å². The first-order valence-corrected chi connectivity index (χ1v) is 6.77. The molecule has 1 aromatic heterocycles. The van der Waals surface area contributed by atoms with Crippen molar-refractivity contribution < 1.29 is 13.2 Å². The maximum atomic E-state index is 12.5. The molecular formula is C10H4Br2F3NS. The molecule has 0 atom stereocenters. The number of hydrogen-bond acceptors (Lipinski definition) is 2. The van der Waals surface area contributed by atoms with Gasteiger partial charge in [-0.1, -0.05) is 12.1 Å². The van der Waals surface area contributed by atoms with Crippen LogP contribution in [-0.4, -0.2) is 4.98 Å². The minimum absolute atomic E-state index is 0.455. The van der Waals surface area contributed by atoms with Gasteiger partial charge in [-0.05, 0) is 44.0 Å². The van der Waals surface area contributed by atoms with E-state index in [2.05, 4.69) is 36.8 Å². The van der Waals surface area contributed by atoms with E-state index < -0.39 is 11.7 Å². The van der Waals surface area contributed by atoms with E-state index in [-0.39, 0.29) is 0 Å². The van der Waals surface area contributed by atoms with Crippen LogP contribution in [-0.2, 0) is 6.18 Å². The number of benzene rings is 1. The first-order valence-electron chi connectivity index (χ1n) is 4.37. The maximum Gasteiger partial charge on any atom is 0.416 e. The van der Waals surface area contributed by atoms with Gasteiger partial charge < -0.3 is 0 Å². The van der Waals surface area contributed by atoms with Crippen LogP contribution in [0.15, 0.2) is 32.7 Å². The minimum atomic E-state index is -4.33. The lowest BCUT2D eigenvalue weighted by atomic mass is 10.1. The molecule has 0 bridgehead atoms. The van der Waals surface area contributed by atoms with Gasteiger partial charge in [0.05, 0.1) is 5.56 Å². The average molecular weight is 387 g/mol. The second-order valence-electron chi connectivity index (χ2n) is 3.16. The number of rotatable bonds is 1. The van der Waals surface area contributed by atoms with Gasteiger partial charge in [-0.25, -0.2) is 4.98 Å². The Hall–Kier alpha value is -0.400. The summed E-state index contributed by atoms with van der Waals surface area (Å²) in [5.74, 6) is 0. The van der Waals surface area contributed by atoms with Gasteiger partial charge in [-0.2, -0.15) is 13.2 Å². The number of hydrogen-bond donors (Lipinski definition) is 0. The molecule has 0 aliphatic rings. The van der Waals surface area contributed by atoms with Crippen molar-refractivity contribution in [1.29, 1.82) is 0 Å². The summed E-state index contributed by atoms with van der Waals surface area (Å²) in [5.41, 5.74) is -0.214. The summed E-state index contributed by atoms with van der Waals surface area (Å²) in [6.07, 6.45) is -4.33. The summed E-state index contributed by atoms with van der Waals surface area (Å²) in [7, 11) is 0. The van der Waals surface area contributed by atoms with E-state index >= 15 is 0 Å². The fraction of sp³-hybridized carbons (Fsp3) is 0.100. The summed E-state index contributed by atoms with van der Waals surface area (Å²) in [6.45, 7) is 0. The van der Waals surface area contributed by atoms with Crippen molar-refractivity contribution in [3.05, 3.63) is 38.2 Å². The Morgan fingerprint density at radius 3 is 2.41 bits per heavy atom. The molecule has 7 heteroatoms. The highest BCUT2D eigenvalue weighted by atomic mass is 79.9. The molecule has 0 spiro atoms. The average Bonchev–Trinajstić information content (AvgIpc) is 2.58. The smallest absolute Gasteiger partial charge is 0.228 e. The molecule has 1 nitrogen and oxygen atoms in total. The largest absolute Gasteiger partial charge is 0.416 e. The summed E-state index contributed by atoms with van der Waals surface area (Å²) in [5, 5.41) is 0.537. The van der Waals surface area contributed by atoms with Crippen LogP contribution in [0.4, 0.5) is 13.2 Å². The van der Waals surface area contributed by atoms with Crippen molar-refractivity contribution in [3.63, 3.8) is 0 Å². The molecule has 90 valence electrons. The van der Waals surface area contributed by atoms with Crippen molar-refractivity contribution in [1.82, 2.24) is 4.98 Å². The van der Waals surface area contributed by atoms with Gasteiger partial charge in [-0.15, -0.1) is 11.3 Å². The summed E-state index contributed by atoms with van der Waals surface area (Å²) in [4.78, 5) is 4.12. The van der Waals surface area contributed by atoms with Crippen molar-refractivity contribution in [2.24, 2.45) is 0 Å². The number of aromatic nitrogens is 1. The Bertz CT molecular complexity index is 531. The zero-order valence-electron chi connectivity index (χ0n) is 8.05. The molecule has 0 saturated carbocycles. The number of thiazole rings is 1. The van der Waals surface area contributed by atoms with Crippen molar-refractivity contribution >= 4 is 43.2 Å². The molecular weight excluding hydrogens is 383 g/mol. The maximum absolute atomic E-state index is 12.5. The van der Waals surface area contributed by atoms with Gasteiger partial charge >= 0.3 is 6.18 Å². The Balaban J connectivity index is 2.47. The van der Waals surface area contributed by atoms with E-state index in [1.807, 2.05) is 0 Å². The summed E-state index contributed by atoms with van der Waals surface area (Å²) >= 11 is 7.74. The first-order chi connectivity index (χ1) is 7.88. The van der Waals surface area contributed by atoms with Gasteiger partial charge in [0.1, 0.15) is 13.4 Å². The first kappa shape index (κ1) is 13.0. The Kier molecular flexibility index (Phi) is 3.61. The fourth-order valence-corrected chi connectivity index (χ4v) is 3.00. The predicted octanol–water partition coefficient (Wildman–Crippen LogP) is 5.35. The second-order valence-corrected chi connectivity index (χ2v) is 6.23. The normalized spacial score (nSPS) is 11.8. The van der Waals surface area contributed by atoms with Gasteiger partial charge in [0.25, 0.3) is 0 Å². The lowest BCUT2D eigenvalue weighted by Gasteiger charge is -2.07. The summed E-state index contributed by atoms with van der Waals surface area (Å²) in [6, 6.07) is 5.12. The van der Waals surface area contributed by atoms with Crippen LogP contribution in [0.5, 0.6) is 0 Å². The van der Waals surface area contributed by atoms with Gasteiger partial charge in [-0.3, -0.25) is 0 Å². The molecule has 2 aromatic rings. The van der Waals surface area contributed by atoms with E-state index in [0.717, 1.165) is 15.9 Å². The highest BCUT2D eigenvalue weighted by molar-refractivity contribution is 9.13. The molecule has 1 aromatic carbocycles. The SMILES string of the molecule is FC(F)(F)c1cccc(-c2nc(Br)c(Br)s2)c1. The topological polar surface area (TPSA) is 12.9 Å². The Labute approximate surface area is 116 Å². The monoisotopic (exact) mass is 385 g/mol. The van der Waals surface area contributed by atoms with Gasteiger partial charge in [0.2, 0.25) is 0 Å². The van der Waals surface area contributed by atoms with E-state index in [9.17, 15) is 13.2 Å². The third-order valence-electron chi connectivity index (χ3n) is 1.99. The van der Waals surface area contributed by atoms with Crippen LogP contribution in [0.2, 0.25) is 0 Å². The Morgan fingerprint density at radius 1 is 1.18 bits per heavy atom. The third kappa shape index (κ3) is 2.89. The van der Waals surface area contributed by atoms with E-state index in [1.165, 1.54) is 17.4 Å². The molecule has 0 fully saturated rings. The van der Waals surface area contributed by atoms with Crippen molar-refractivity contribution in [2.75, 3.05) is 0 Å². The molecule has 0 unspecified atom stereocenters. The molecule has 1 heterocycles. The van der Waals surface area contributed by atoms with Crippen LogP contribution in [0.25, 0.3) is 10.6 Å². The Morgan fingerprint density at radius 2 is 1.88 bits per heavy atom. The second kappa shape index (κ2) is 4.70. The molecule has 0 aliphatic heterocycles. The highest BCUT2D eigenvalue weighted by Crippen LogP contribution is 2.37. The molecule has 17 heavy (non-hydrogen) atoms. The molecule has 0 radical (unpaired) electrons. The van der Waals surface area contributed by atoms with E-state index in [1.54, 1.807) is 6.07 Å². The van der Waals surface area contributed by atoms with Gasteiger partial charge in [0, 0.05) is 5.56 Å². The lowest BCUT2D eigenvalue weighted by Crippen LogP contribution is -2.04. The molecule has 0 saturated heterocycles. The van der Waals surface area contributed by atoms with E-state index in [0.29, 0.717) is 15.2 Å². The molecule has 0 N–H and O–H groups in total. The number of alkyl halides is 3. The van der Waals surface area contributed by atoms with Crippen LogP contribution in [0, 0.1) is 0 Å². The standard InChI is InChI=1S/C10H4Br2F3NS/c11-7-8(12)17-9(16-7)5-2-1-3-6(4-5)10(13,14)15/h1-4H. The minimum Gasteiger partial charge on any atom is -0.228 e. The number of nitrogens with zero attached hydrogens (tertiary/aromatic N) is 1. The lowest BCUT2D eigenvalue weighted by molar-refractivity contribution is -0.137. The fourth-order valence-electron chi connectivity index (χ4n) is 1.23. The third-order valence-corrected chi connectivity index (χ3v) is 5.11. The van der Waals surface area contributed by atoms with Crippen LogP contribution >= 0.6 is 43.2 Å². The zero-order chi connectivity index (χ0) is 12.6. The predicted molar refractivity (Wildman–Crippen MR) is 68.0 cm³/mol.